The van der Waals surface area contributed by atoms with Crippen molar-refractivity contribution in [3.05, 3.63) is 23.9 Å². The molecule has 2 heterocycles. The predicted octanol–water partition coefficient (Wildman–Crippen LogP) is 3.01. The summed E-state index contributed by atoms with van der Waals surface area (Å²) in [7, 11) is 0. The summed E-state index contributed by atoms with van der Waals surface area (Å²) >= 11 is 0. The Morgan fingerprint density at radius 1 is 1.25 bits per heavy atom. The number of rotatable bonds is 2. The summed E-state index contributed by atoms with van der Waals surface area (Å²) in [6.07, 6.45) is 0.626. The lowest BCUT2D eigenvalue weighted by Gasteiger charge is -2.49. The minimum atomic E-state index is -4.42. The van der Waals surface area contributed by atoms with Crippen LogP contribution in [0.2, 0.25) is 0 Å². The molecule has 1 aliphatic carbocycles. The highest BCUT2D eigenvalue weighted by molar-refractivity contribution is 5.28. The molecule has 2 aliphatic rings. The molecular formula is C14H17F3N2O. The van der Waals surface area contributed by atoms with E-state index in [0.717, 1.165) is 44.8 Å². The third-order valence-corrected chi connectivity index (χ3v) is 4.34. The molecule has 0 bridgehead atoms. The zero-order chi connectivity index (χ0) is 14.2. The van der Waals surface area contributed by atoms with Crippen LogP contribution in [-0.2, 0) is 6.18 Å². The topological polar surface area (TPSA) is 34.1 Å². The average molecular weight is 286 g/mol. The summed E-state index contributed by atoms with van der Waals surface area (Å²) in [5, 5.41) is 3.30. The molecule has 1 spiro atoms. The van der Waals surface area contributed by atoms with E-state index in [4.69, 9.17) is 4.74 Å². The summed E-state index contributed by atoms with van der Waals surface area (Å²) in [6.45, 7) is 1.98. The second kappa shape index (κ2) is 4.91. The van der Waals surface area contributed by atoms with Crippen molar-refractivity contribution in [3.8, 4) is 5.88 Å². The maximum atomic E-state index is 12.8. The fraction of sp³-hybridized carbons (Fsp3) is 0.643. The minimum Gasteiger partial charge on any atom is -0.474 e. The normalized spacial score (nSPS) is 22.6. The molecule has 3 rings (SSSR count). The first-order valence-electron chi connectivity index (χ1n) is 6.88. The Kier molecular flexibility index (Phi) is 3.36. The highest BCUT2D eigenvalue weighted by Gasteiger charge is 2.46. The number of pyridine rings is 1. The summed E-state index contributed by atoms with van der Waals surface area (Å²) in [5.41, 5.74) is -0.505. The maximum Gasteiger partial charge on any atom is 0.421 e. The van der Waals surface area contributed by atoms with Crippen LogP contribution in [0.1, 0.15) is 31.2 Å². The van der Waals surface area contributed by atoms with Crippen molar-refractivity contribution in [3.63, 3.8) is 0 Å². The van der Waals surface area contributed by atoms with Crippen LogP contribution >= 0.6 is 0 Å². The van der Waals surface area contributed by atoms with Crippen LogP contribution in [0.4, 0.5) is 13.2 Å². The molecule has 6 heteroatoms. The molecule has 1 N–H and O–H groups in total. The number of aromatic nitrogens is 1. The first-order valence-corrected chi connectivity index (χ1v) is 6.88. The van der Waals surface area contributed by atoms with E-state index in [0.29, 0.717) is 0 Å². The maximum absolute atomic E-state index is 12.8. The molecule has 1 saturated carbocycles. The molecule has 1 aliphatic heterocycles. The van der Waals surface area contributed by atoms with E-state index < -0.39 is 11.7 Å². The van der Waals surface area contributed by atoms with Crippen LogP contribution in [0.15, 0.2) is 18.3 Å². The van der Waals surface area contributed by atoms with Gasteiger partial charge >= 0.3 is 6.18 Å². The monoisotopic (exact) mass is 286 g/mol. The van der Waals surface area contributed by atoms with Crippen molar-refractivity contribution in [2.45, 2.75) is 38.0 Å². The molecule has 1 aromatic heterocycles. The van der Waals surface area contributed by atoms with E-state index in [2.05, 4.69) is 10.3 Å². The number of ether oxygens (including phenoxy) is 1. The average Bonchev–Trinajstić information content (AvgIpc) is 2.37. The summed E-state index contributed by atoms with van der Waals surface area (Å²) < 4.78 is 44.0. The second-order valence-corrected chi connectivity index (χ2v) is 5.75. The number of hydrogen-bond acceptors (Lipinski definition) is 3. The highest BCUT2D eigenvalue weighted by atomic mass is 19.4. The van der Waals surface area contributed by atoms with Gasteiger partial charge in [-0.15, -0.1) is 0 Å². The lowest BCUT2D eigenvalue weighted by atomic mass is 9.62. The third-order valence-electron chi connectivity index (χ3n) is 4.34. The zero-order valence-electron chi connectivity index (χ0n) is 11.0. The Labute approximate surface area is 115 Å². The molecule has 0 atom stereocenters. The molecule has 0 amide bonds. The summed E-state index contributed by atoms with van der Waals surface area (Å²) in [4.78, 5) is 3.75. The first kappa shape index (κ1) is 13.7. The van der Waals surface area contributed by atoms with Gasteiger partial charge in [0.2, 0.25) is 5.88 Å². The van der Waals surface area contributed by atoms with Crippen molar-refractivity contribution < 1.29 is 17.9 Å². The van der Waals surface area contributed by atoms with Gasteiger partial charge in [-0.1, -0.05) is 0 Å². The van der Waals surface area contributed by atoms with Gasteiger partial charge in [-0.05, 0) is 56.3 Å². The number of nitrogens with one attached hydrogen (secondary N) is 1. The van der Waals surface area contributed by atoms with E-state index in [1.54, 1.807) is 0 Å². The van der Waals surface area contributed by atoms with Crippen LogP contribution < -0.4 is 10.1 Å². The van der Waals surface area contributed by atoms with Crippen molar-refractivity contribution in [2.24, 2.45) is 5.41 Å². The van der Waals surface area contributed by atoms with E-state index in [-0.39, 0.29) is 17.4 Å². The predicted molar refractivity (Wildman–Crippen MR) is 67.4 cm³/mol. The molecular weight excluding hydrogens is 269 g/mol. The van der Waals surface area contributed by atoms with Crippen molar-refractivity contribution in [1.82, 2.24) is 10.3 Å². The van der Waals surface area contributed by atoms with Gasteiger partial charge in [-0.3, -0.25) is 0 Å². The Bertz CT molecular complexity index is 476. The molecule has 20 heavy (non-hydrogen) atoms. The van der Waals surface area contributed by atoms with Gasteiger partial charge in [0.15, 0.2) is 0 Å². The Balaban J connectivity index is 1.65. The van der Waals surface area contributed by atoms with Gasteiger partial charge < -0.3 is 10.1 Å². The number of piperidine rings is 1. The van der Waals surface area contributed by atoms with Crippen LogP contribution in [0.25, 0.3) is 0 Å². The van der Waals surface area contributed by atoms with E-state index >= 15 is 0 Å². The zero-order valence-corrected chi connectivity index (χ0v) is 11.0. The van der Waals surface area contributed by atoms with E-state index in [1.165, 1.54) is 12.3 Å². The van der Waals surface area contributed by atoms with Crippen LogP contribution in [-0.4, -0.2) is 24.2 Å². The summed E-state index contributed by atoms with van der Waals surface area (Å²) in [5.74, 6) is -0.284. The van der Waals surface area contributed by atoms with Gasteiger partial charge in [0.05, 0.1) is 0 Å². The molecule has 0 aromatic carbocycles. The number of alkyl halides is 3. The molecule has 3 nitrogen and oxygen atoms in total. The molecule has 0 unspecified atom stereocenters. The largest absolute Gasteiger partial charge is 0.474 e. The van der Waals surface area contributed by atoms with Gasteiger partial charge in [0.1, 0.15) is 11.7 Å². The molecule has 2 fully saturated rings. The van der Waals surface area contributed by atoms with Crippen LogP contribution in [0.3, 0.4) is 0 Å². The SMILES string of the molecule is FC(F)(F)c1cccnc1OC1CC2(CCNCC2)C1. The second-order valence-electron chi connectivity index (χ2n) is 5.75. The van der Waals surface area contributed by atoms with Crippen LogP contribution in [0.5, 0.6) is 5.88 Å². The Morgan fingerprint density at radius 2 is 1.95 bits per heavy atom. The number of hydrogen-bond donors (Lipinski definition) is 1. The van der Waals surface area contributed by atoms with Gasteiger partial charge in [0, 0.05) is 6.20 Å². The molecule has 1 aromatic rings. The molecule has 0 radical (unpaired) electrons. The Hall–Kier alpha value is -1.30. The standard InChI is InChI=1S/C14H17F3N2O/c15-14(16,17)11-2-1-5-19-12(11)20-10-8-13(9-10)3-6-18-7-4-13/h1-2,5,10,18H,3-4,6-9H2. The van der Waals surface area contributed by atoms with Gasteiger partial charge in [-0.25, -0.2) is 4.98 Å². The number of nitrogens with zero attached hydrogens (tertiary/aromatic N) is 1. The fourth-order valence-electron chi connectivity index (χ4n) is 3.21. The van der Waals surface area contributed by atoms with E-state index in [9.17, 15) is 13.2 Å². The lowest BCUT2D eigenvalue weighted by molar-refractivity contribution is -0.141. The minimum absolute atomic E-state index is 0.135. The molecule has 1 saturated heterocycles. The van der Waals surface area contributed by atoms with Crippen molar-refractivity contribution >= 4 is 0 Å². The van der Waals surface area contributed by atoms with Gasteiger partial charge in [0.25, 0.3) is 0 Å². The molecule has 110 valence electrons. The quantitative estimate of drug-likeness (QED) is 0.907. The van der Waals surface area contributed by atoms with Crippen LogP contribution in [0, 0.1) is 5.41 Å². The van der Waals surface area contributed by atoms with Crippen molar-refractivity contribution in [2.75, 3.05) is 13.1 Å². The smallest absolute Gasteiger partial charge is 0.421 e. The van der Waals surface area contributed by atoms with E-state index in [1.807, 2.05) is 0 Å². The Morgan fingerprint density at radius 3 is 2.60 bits per heavy atom. The third kappa shape index (κ3) is 2.61. The fourth-order valence-corrected chi connectivity index (χ4v) is 3.21. The van der Waals surface area contributed by atoms with Crippen molar-refractivity contribution in [1.29, 1.82) is 0 Å². The first-order chi connectivity index (χ1) is 9.49. The highest BCUT2D eigenvalue weighted by Crippen LogP contribution is 2.49. The lowest BCUT2D eigenvalue weighted by Crippen LogP contribution is -2.50. The summed E-state index contributed by atoms with van der Waals surface area (Å²) in [6, 6.07) is 2.30. The number of halogens is 3. The van der Waals surface area contributed by atoms with Gasteiger partial charge in [-0.2, -0.15) is 13.2 Å².